The molecular formula is C17H23ClN2O4S. The minimum Gasteiger partial charge on any atom is -0.423 e. The third-order valence-corrected chi connectivity index (χ3v) is 5.87. The summed E-state index contributed by atoms with van der Waals surface area (Å²) in [6.45, 7) is 5.06. The third kappa shape index (κ3) is 4.82. The van der Waals surface area contributed by atoms with Gasteiger partial charge in [0.2, 0.25) is 10.0 Å². The summed E-state index contributed by atoms with van der Waals surface area (Å²) in [5.74, 6) is 0. The van der Waals surface area contributed by atoms with Crippen molar-refractivity contribution in [1.29, 1.82) is 0 Å². The van der Waals surface area contributed by atoms with Crippen LogP contribution in [0, 0.1) is 0 Å². The molecule has 1 aliphatic rings. The number of benzene rings is 1. The van der Waals surface area contributed by atoms with E-state index < -0.39 is 15.6 Å². The molecule has 1 aromatic heterocycles. The molecule has 0 amide bonds. The van der Waals surface area contributed by atoms with Gasteiger partial charge in [0.15, 0.2) is 0 Å². The molecule has 3 rings (SSSR count). The van der Waals surface area contributed by atoms with E-state index in [1.165, 1.54) is 24.3 Å². The largest absolute Gasteiger partial charge is 0.423 e. The predicted octanol–water partition coefficient (Wildman–Crippen LogP) is 2.37. The summed E-state index contributed by atoms with van der Waals surface area (Å²) in [6, 6.07) is 7.35. The second kappa shape index (κ2) is 8.31. The Balaban J connectivity index is 0.00000225. The van der Waals surface area contributed by atoms with Gasteiger partial charge in [0.1, 0.15) is 5.58 Å². The van der Waals surface area contributed by atoms with E-state index in [1.807, 2.05) is 0 Å². The van der Waals surface area contributed by atoms with Crippen LogP contribution in [0.3, 0.4) is 0 Å². The molecular weight excluding hydrogens is 364 g/mol. The van der Waals surface area contributed by atoms with Crippen molar-refractivity contribution in [2.45, 2.75) is 37.1 Å². The number of halogens is 1. The van der Waals surface area contributed by atoms with Gasteiger partial charge < -0.3 is 9.32 Å². The van der Waals surface area contributed by atoms with E-state index in [2.05, 4.69) is 16.5 Å². The Kier molecular flexibility index (Phi) is 6.62. The van der Waals surface area contributed by atoms with Gasteiger partial charge in [0, 0.05) is 17.5 Å². The summed E-state index contributed by atoms with van der Waals surface area (Å²) in [5, 5.41) is 0.593. The van der Waals surface area contributed by atoms with Crippen molar-refractivity contribution in [3.8, 4) is 0 Å². The first kappa shape index (κ1) is 19.9. The molecule has 2 heterocycles. The number of fused-ring (bicyclic) bond motifs is 1. The highest BCUT2D eigenvalue weighted by molar-refractivity contribution is 7.89. The summed E-state index contributed by atoms with van der Waals surface area (Å²) < 4.78 is 33.0. The van der Waals surface area contributed by atoms with E-state index in [0.717, 1.165) is 38.9 Å². The van der Waals surface area contributed by atoms with Crippen LogP contribution in [-0.2, 0) is 10.0 Å². The van der Waals surface area contributed by atoms with Crippen LogP contribution in [0.25, 0.3) is 11.0 Å². The van der Waals surface area contributed by atoms with Gasteiger partial charge in [-0.2, -0.15) is 0 Å². The molecule has 1 saturated heterocycles. The number of hydrogen-bond acceptors (Lipinski definition) is 5. The average Bonchev–Trinajstić information content (AvgIpc) is 2.56. The van der Waals surface area contributed by atoms with Gasteiger partial charge in [-0.1, -0.05) is 6.92 Å². The van der Waals surface area contributed by atoms with Crippen LogP contribution in [0.1, 0.15) is 26.2 Å². The maximum Gasteiger partial charge on any atom is 0.336 e. The Bertz CT molecular complexity index is 874. The fourth-order valence-electron chi connectivity index (χ4n) is 3.10. The van der Waals surface area contributed by atoms with Gasteiger partial charge >= 0.3 is 5.63 Å². The molecule has 0 atom stereocenters. The fraction of sp³-hybridized carbons (Fsp3) is 0.471. The summed E-state index contributed by atoms with van der Waals surface area (Å²) in [7, 11) is -3.58. The second-order valence-electron chi connectivity index (χ2n) is 6.19. The molecule has 0 aliphatic carbocycles. The highest BCUT2D eigenvalue weighted by atomic mass is 35.5. The zero-order chi connectivity index (χ0) is 17.2. The highest BCUT2D eigenvalue weighted by Crippen LogP contribution is 2.19. The third-order valence-electron chi connectivity index (χ3n) is 4.35. The van der Waals surface area contributed by atoms with Crippen molar-refractivity contribution in [3.63, 3.8) is 0 Å². The minimum atomic E-state index is -3.58. The molecule has 6 nitrogen and oxygen atoms in total. The Hall–Kier alpha value is -1.41. The molecule has 1 fully saturated rings. The Morgan fingerprint density at radius 1 is 1.20 bits per heavy atom. The van der Waals surface area contributed by atoms with Crippen LogP contribution in [-0.4, -0.2) is 39.0 Å². The summed E-state index contributed by atoms with van der Waals surface area (Å²) in [5.41, 5.74) is -0.0654. The van der Waals surface area contributed by atoms with E-state index in [-0.39, 0.29) is 23.3 Å². The van der Waals surface area contributed by atoms with Gasteiger partial charge in [0.05, 0.1) is 4.90 Å². The Morgan fingerprint density at radius 2 is 1.92 bits per heavy atom. The molecule has 8 heteroatoms. The normalized spacial score (nSPS) is 16.7. The lowest BCUT2D eigenvalue weighted by atomic mass is 10.1. The molecule has 1 aliphatic heterocycles. The molecule has 0 spiro atoms. The van der Waals surface area contributed by atoms with Gasteiger partial charge in [-0.25, -0.2) is 17.9 Å². The smallest absolute Gasteiger partial charge is 0.336 e. The zero-order valence-electron chi connectivity index (χ0n) is 14.1. The standard InChI is InChI=1S/C17H22N2O4S.ClH/c1-2-9-19-10-7-14(8-11-19)18-24(21,22)15-4-5-16-13(12-15)3-6-17(20)23-16;/h3-6,12,14,18H,2,7-11H2,1H3;1H. The monoisotopic (exact) mass is 386 g/mol. The van der Waals surface area contributed by atoms with Crippen molar-refractivity contribution < 1.29 is 12.8 Å². The predicted molar refractivity (Wildman–Crippen MR) is 99.8 cm³/mol. The SMILES string of the molecule is CCCN1CCC(NS(=O)(=O)c2ccc3oc(=O)ccc3c2)CC1.Cl. The van der Waals surface area contributed by atoms with Gasteiger partial charge in [-0.15, -0.1) is 12.4 Å². The second-order valence-corrected chi connectivity index (χ2v) is 7.91. The summed E-state index contributed by atoms with van der Waals surface area (Å²) >= 11 is 0. The Labute approximate surface area is 153 Å². The van der Waals surface area contributed by atoms with E-state index in [1.54, 1.807) is 6.07 Å². The molecule has 0 radical (unpaired) electrons. The van der Waals surface area contributed by atoms with Gasteiger partial charge in [-0.3, -0.25) is 0 Å². The maximum atomic E-state index is 12.6. The molecule has 1 aromatic carbocycles. The van der Waals surface area contributed by atoms with E-state index in [9.17, 15) is 13.2 Å². The molecule has 0 unspecified atom stereocenters. The average molecular weight is 387 g/mol. The zero-order valence-corrected chi connectivity index (χ0v) is 15.7. The summed E-state index contributed by atoms with van der Waals surface area (Å²) in [4.78, 5) is 13.8. The van der Waals surface area contributed by atoms with Crippen molar-refractivity contribution in [3.05, 3.63) is 40.8 Å². The fourth-order valence-corrected chi connectivity index (χ4v) is 4.44. The van der Waals surface area contributed by atoms with Crippen LogP contribution in [0.2, 0.25) is 0 Å². The minimum absolute atomic E-state index is 0. The lowest BCUT2D eigenvalue weighted by molar-refractivity contribution is 0.208. The number of sulfonamides is 1. The number of nitrogens with one attached hydrogen (secondary N) is 1. The van der Waals surface area contributed by atoms with Crippen LogP contribution in [0.15, 0.2) is 44.4 Å². The lowest BCUT2D eigenvalue weighted by Gasteiger charge is -2.31. The van der Waals surface area contributed by atoms with Crippen LogP contribution in [0.5, 0.6) is 0 Å². The van der Waals surface area contributed by atoms with Crippen LogP contribution < -0.4 is 10.3 Å². The number of nitrogens with zero attached hydrogens (tertiary/aromatic N) is 1. The molecule has 138 valence electrons. The lowest BCUT2D eigenvalue weighted by Crippen LogP contribution is -2.44. The van der Waals surface area contributed by atoms with Crippen LogP contribution >= 0.6 is 12.4 Å². The topological polar surface area (TPSA) is 79.6 Å². The maximum absolute atomic E-state index is 12.6. The van der Waals surface area contributed by atoms with Crippen LogP contribution in [0.4, 0.5) is 0 Å². The number of rotatable bonds is 5. The first-order valence-electron chi connectivity index (χ1n) is 8.26. The first-order chi connectivity index (χ1) is 11.5. The number of hydrogen-bond donors (Lipinski definition) is 1. The highest BCUT2D eigenvalue weighted by Gasteiger charge is 2.24. The number of piperidine rings is 1. The van der Waals surface area contributed by atoms with Crippen molar-refractivity contribution in [2.75, 3.05) is 19.6 Å². The quantitative estimate of drug-likeness (QED) is 0.798. The molecule has 25 heavy (non-hydrogen) atoms. The van der Waals surface area contributed by atoms with E-state index in [0.29, 0.717) is 11.0 Å². The summed E-state index contributed by atoms with van der Waals surface area (Å²) in [6.07, 6.45) is 2.76. The molecule has 0 bridgehead atoms. The van der Waals surface area contributed by atoms with Crippen molar-refractivity contribution in [2.24, 2.45) is 0 Å². The van der Waals surface area contributed by atoms with Crippen molar-refractivity contribution in [1.82, 2.24) is 9.62 Å². The molecule has 2 aromatic rings. The molecule has 0 saturated carbocycles. The van der Waals surface area contributed by atoms with E-state index in [4.69, 9.17) is 4.42 Å². The van der Waals surface area contributed by atoms with Gasteiger partial charge in [0.25, 0.3) is 0 Å². The van der Waals surface area contributed by atoms with Crippen molar-refractivity contribution >= 4 is 33.4 Å². The first-order valence-corrected chi connectivity index (χ1v) is 9.75. The van der Waals surface area contributed by atoms with E-state index >= 15 is 0 Å². The number of likely N-dealkylation sites (tertiary alicyclic amines) is 1. The molecule has 1 N–H and O–H groups in total. The Morgan fingerprint density at radius 3 is 2.60 bits per heavy atom. The van der Waals surface area contributed by atoms with Gasteiger partial charge in [-0.05, 0) is 63.2 Å².